The number of benzene rings is 2. The summed E-state index contributed by atoms with van der Waals surface area (Å²) in [5, 5.41) is 12.3. The van der Waals surface area contributed by atoms with Gasteiger partial charge in [0, 0.05) is 36.8 Å². The summed E-state index contributed by atoms with van der Waals surface area (Å²) >= 11 is 0. The lowest BCUT2D eigenvalue weighted by Gasteiger charge is -2.46. The number of piperidine rings is 1. The molecule has 0 saturated carbocycles. The lowest BCUT2D eigenvalue weighted by molar-refractivity contribution is -0.931. The zero-order valence-corrected chi connectivity index (χ0v) is 20.6. The van der Waals surface area contributed by atoms with Crippen LogP contribution >= 0.6 is 0 Å². The molecule has 2 bridgehead atoms. The van der Waals surface area contributed by atoms with Crippen LogP contribution in [-0.2, 0) is 5.60 Å². The number of nitrogens with zero attached hydrogens (tertiary/aromatic N) is 1. The number of fused-ring (bicyclic) bond motifs is 2. The van der Waals surface area contributed by atoms with Gasteiger partial charge in [0.15, 0.2) is 0 Å². The molecule has 2 saturated heterocycles. The molecule has 2 aromatic rings. The summed E-state index contributed by atoms with van der Waals surface area (Å²) in [7, 11) is 8.10. The first-order chi connectivity index (χ1) is 13.9. The first kappa shape index (κ1) is 23.4. The van der Waals surface area contributed by atoms with Crippen LogP contribution in [0, 0.1) is 5.92 Å². The van der Waals surface area contributed by atoms with Gasteiger partial charge in [0.1, 0.15) is 17.1 Å². The normalized spacial score (nSPS) is 24.8. The molecular weight excluding hydrogens is 489 g/mol. The zero-order valence-electron chi connectivity index (χ0n) is 18.5. The standard InChI is InChI=1S/C25H34NO3.HI/c1-26(2)19-13-14-20(26)16-18(15-19)17-25(27,21-9-5-7-11-23(21)28-3)22-10-6-8-12-24(22)29-4;/h5-12,18-20,27H,13-17H2,1-4H3;1H/q+1;/p-1/t18-,19+,20-;. The predicted molar refractivity (Wildman–Crippen MR) is 115 cm³/mol. The van der Waals surface area contributed by atoms with Crippen LogP contribution < -0.4 is 33.5 Å². The van der Waals surface area contributed by atoms with Gasteiger partial charge >= 0.3 is 0 Å². The summed E-state index contributed by atoms with van der Waals surface area (Å²) in [6.07, 6.45) is 5.61. The van der Waals surface area contributed by atoms with E-state index in [0.717, 1.165) is 40.0 Å². The third kappa shape index (κ3) is 3.96. The molecule has 4 rings (SSSR count). The molecule has 30 heavy (non-hydrogen) atoms. The van der Waals surface area contributed by atoms with Crippen molar-refractivity contribution >= 4 is 0 Å². The largest absolute Gasteiger partial charge is 1.00 e. The number of aliphatic hydroxyl groups is 1. The van der Waals surface area contributed by atoms with Crippen molar-refractivity contribution in [1.82, 2.24) is 0 Å². The molecule has 2 aliphatic heterocycles. The fraction of sp³-hybridized carbons (Fsp3) is 0.520. The zero-order chi connectivity index (χ0) is 20.6. The number of para-hydroxylation sites is 2. The number of quaternary nitrogens is 1. The van der Waals surface area contributed by atoms with E-state index in [-0.39, 0.29) is 24.0 Å². The Morgan fingerprint density at radius 1 is 0.867 bits per heavy atom. The minimum absolute atomic E-state index is 0. The highest BCUT2D eigenvalue weighted by molar-refractivity contribution is 5.49. The van der Waals surface area contributed by atoms with E-state index < -0.39 is 5.60 Å². The van der Waals surface area contributed by atoms with Gasteiger partial charge in [0.25, 0.3) is 0 Å². The number of methoxy groups -OCH3 is 2. The molecule has 2 aliphatic rings. The lowest BCUT2D eigenvalue weighted by atomic mass is 9.74. The highest BCUT2D eigenvalue weighted by Gasteiger charge is 2.51. The lowest BCUT2D eigenvalue weighted by Crippen LogP contribution is -3.00. The molecule has 2 aromatic carbocycles. The number of rotatable bonds is 6. The number of ether oxygens (including phenoxy) is 2. The molecule has 5 heteroatoms. The van der Waals surface area contributed by atoms with Gasteiger partial charge in [0.2, 0.25) is 0 Å². The van der Waals surface area contributed by atoms with Crippen LogP contribution in [-0.4, -0.2) is 50.0 Å². The maximum absolute atomic E-state index is 12.3. The van der Waals surface area contributed by atoms with Crippen LogP contribution in [0.3, 0.4) is 0 Å². The highest BCUT2D eigenvalue weighted by atomic mass is 127. The first-order valence-corrected chi connectivity index (χ1v) is 10.7. The van der Waals surface area contributed by atoms with Crippen molar-refractivity contribution in [2.24, 2.45) is 5.92 Å². The van der Waals surface area contributed by atoms with Gasteiger partial charge in [-0.1, -0.05) is 36.4 Å². The van der Waals surface area contributed by atoms with Crippen LogP contribution in [0.4, 0.5) is 0 Å². The summed E-state index contributed by atoms with van der Waals surface area (Å²) in [6, 6.07) is 17.1. The molecule has 164 valence electrons. The molecule has 2 heterocycles. The Morgan fingerprint density at radius 2 is 1.30 bits per heavy atom. The monoisotopic (exact) mass is 523 g/mol. The molecule has 3 atom stereocenters. The van der Waals surface area contributed by atoms with Crippen molar-refractivity contribution in [3.05, 3.63) is 59.7 Å². The molecule has 0 spiro atoms. The fourth-order valence-corrected chi connectivity index (χ4v) is 5.92. The second kappa shape index (κ2) is 9.05. The maximum Gasteiger partial charge on any atom is 0.125 e. The van der Waals surface area contributed by atoms with Crippen molar-refractivity contribution in [1.29, 1.82) is 0 Å². The smallest absolute Gasteiger partial charge is 0.125 e. The third-order valence-electron chi connectivity index (χ3n) is 7.62. The Labute approximate surface area is 197 Å². The molecule has 1 N–H and O–H groups in total. The van der Waals surface area contributed by atoms with Crippen molar-refractivity contribution in [2.45, 2.75) is 49.8 Å². The Kier molecular flexibility index (Phi) is 7.04. The predicted octanol–water partition coefficient (Wildman–Crippen LogP) is 1.35. The highest BCUT2D eigenvalue weighted by Crippen LogP contribution is 2.49. The van der Waals surface area contributed by atoms with Crippen molar-refractivity contribution < 1.29 is 43.0 Å². The van der Waals surface area contributed by atoms with Crippen molar-refractivity contribution in [3.8, 4) is 11.5 Å². The molecule has 0 aromatic heterocycles. The van der Waals surface area contributed by atoms with Gasteiger partial charge in [0.05, 0.1) is 40.4 Å². The molecule has 4 nitrogen and oxygen atoms in total. The summed E-state index contributed by atoms with van der Waals surface area (Å²) < 4.78 is 12.5. The van der Waals surface area contributed by atoms with Gasteiger partial charge in [-0.25, -0.2) is 0 Å². The summed E-state index contributed by atoms with van der Waals surface area (Å²) in [5.74, 6) is 1.91. The van der Waals surface area contributed by atoms with Gasteiger partial charge in [-0.15, -0.1) is 0 Å². The molecule has 0 radical (unpaired) electrons. The number of hydrogen-bond acceptors (Lipinski definition) is 3. The van der Waals surface area contributed by atoms with E-state index in [4.69, 9.17) is 9.47 Å². The molecule has 0 aliphatic carbocycles. The molecule has 0 amide bonds. The van der Waals surface area contributed by atoms with E-state index in [1.54, 1.807) is 14.2 Å². The third-order valence-corrected chi connectivity index (χ3v) is 7.62. The van der Waals surface area contributed by atoms with Crippen LogP contribution in [0.2, 0.25) is 0 Å². The number of hydrogen-bond donors (Lipinski definition) is 1. The summed E-state index contributed by atoms with van der Waals surface area (Å²) in [6.45, 7) is 0. The van der Waals surface area contributed by atoms with E-state index >= 15 is 0 Å². The average molecular weight is 523 g/mol. The van der Waals surface area contributed by atoms with E-state index in [1.165, 1.54) is 12.8 Å². The minimum Gasteiger partial charge on any atom is -1.00 e. The second-order valence-corrected chi connectivity index (χ2v) is 9.32. The Morgan fingerprint density at radius 3 is 1.73 bits per heavy atom. The molecule has 2 fully saturated rings. The molecular formula is C25H34INO3. The Balaban J connectivity index is 0.00000256. The van der Waals surface area contributed by atoms with Gasteiger partial charge in [-0.05, 0) is 24.5 Å². The van der Waals surface area contributed by atoms with E-state index in [9.17, 15) is 5.11 Å². The first-order valence-electron chi connectivity index (χ1n) is 10.7. The summed E-state index contributed by atoms with van der Waals surface area (Å²) in [4.78, 5) is 0. The maximum atomic E-state index is 12.3. The Hall–Kier alpha value is -1.31. The Bertz CT molecular complexity index is 805. The molecule has 0 unspecified atom stereocenters. The van der Waals surface area contributed by atoms with Crippen molar-refractivity contribution in [3.63, 3.8) is 0 Å². The van der Waals surface area contributed by atoms with Gasteiger partial charge < -0.3 is 43.0 Å². The van der Waals surface area contributed by atoms with Crippen LogP contribution in [0.1, 0.15) is 43.2 Å². The van der Waals surface area contributed by atoms with E-state index in [2.05, 4.69) is 14.1 Å². The quantitative estimate of drug-likeness (QED) is 0.459. The SMILES string of the molecule is COc1ccccc1C(O)(C[C@H]1C[C@H]2CC[C@@H](C1)[N+]2(C)C)c1ccccc1OC.[I-]. The number of halogens is 1. The second-order valence-electron chi connectivity index (χ2n) is 9.32. The average Bonchev–Trinajstić information content (AvgIpc) is 2.89. The summed E-state index contributed by atoms with van der Waals surface area (Å²) in [5.41, 5.74) is 0.481. The van der Waals surface area contributed by atoms with Gasteiger partial charge in [-0.3, -0.25) is 0 Å². The topological polar surface area (TPSA) is 38.7 Å². The van der Waals surface area contributed by atoms with Crippen LogP contribution in [0.25, 0.3) is 0 Å². The van der Waals surface area contributed by atoms with Crippen LogP contribution in [0.15, 0.2) is 48.5 Å². The van der Waals surface area contributed by atoms with Crippen LogP contribution in [0.5, 0.6) is 11.5 Å². The van der Waals surface area contributed by atoms with Gasteiger partial charge in [-0.2, -0.15) is 0 Å². The van der Waals surface area contributed by atoms with E-state index in [0.29, 0.717) is 24.4 Å². The fourth-order valence-electron chi connectivity index (χ4n) is 5.92. The van der Waals surface area contributed by atoms with Crippen molar-refractivity contribution in [2.75, 3.05) is 28.3 Å². The van der Waals surface area contributed by atoms with E-state index in [1.807, 2.05) is 48.5 Å². The minimum atomic E-state index is -1.15.